The first-order chi connectivity index (χ1) is 8.36. The third kappa shape index (κ3) is 3.56. The number of carbonyl (C=O) groups excluding carboxylic acids is 1. The van der Waals surface area contributed by atoms with Crippen molar-refractivity contribution in [1.29, 1.82) is 0 Å². The molecule has 0 aliphatic carbocycles. The van der Waals surface area contributed by atoms with Crippen LogP contribution in [0.15, 0.2) is 29.2 Å². The lowest BCUT2D eigenvalue weighted by Gasteiger charge is -2.04. The van der Waals surface area contributed by atoms with Gasteiger partial charge in [0.2, 0.25) is 0 Å². The first kappa shape index (κ1) is 14.2. The van der Waals surface area contributed by atoms with Gasteiger partial charge in [-0.05, 0) is 24.3 Å². The van der Waals surface area contributed by atoms with Crippen LogP contribution in [0.2, 0.25) is 0 Å². The van der Waals surface area contributed by atoms with E-state index in [1.54, 1.807) is 0 Å². The lowest BCUT2D eigenvalue weighted by atomic mass is 10.2. The molecule has 0 unspecified atom stereocenters. The smallest absolute Gasteiger partial charge is 0.322 e. The van der Waals surface area contributed by atoms with E-state index in [0.29, 0.717) is 0 Å². The minimum absolute atomic E-state index is 0.0163. The molecule has 0 atom stereocenters. The number of sulfone groups is 1. The van der Waals surface area contributed by atoms with E-state index in [9.17, 15) is 18.0 Å². The summed E-state index contributed by atoms with van der Waals surface area (Å²) in [6.45, 7) is 1.05. The number of carbonyl (C=O) groups is 2. The zero-order valence-electron chi connectivity index (χ0n) is 9.71. The third-order valence-corrected chi connectivity index (χ3v) is 4.01. The normalized spacial score (nSPS) is 10.9. The zero-order valence-corrected chi connectivity index (χ0v) is 10.5. The molecule has 0 heterocycles. The largest absolute Gasteiger partial charge is 0.480 e. The van der Waals surface area contributed by atoms with E-state index in [2.05, 4.69) is 5.32 Å². The number of carboxylic acids is 1. The predicted octanol–water partition coefficient (Wildman–Crippen LogP) is 0.295. The Morgan fingerprint density at radius 1 is 1.22 bits per heavy atom. The number of hydrogen-bond donors (Lipinski definition) is 2. The maximum absolute atomic E-state index is 11.5. The van der Waals surface area contributed by atoms with Crippen molar-refractivity contribution in [3.05, 3.63) is 29.8 Å². The number of hydrogen-bond acceptors (Lipinski definition) is 4. The monoisotopic (exact) mass is 271 g/mol. The summed E-state index contributed by atoms with van der Waals surface area (Å²) in [6, 6.07) is 5.35. The number of amides is 1. The van der Waals surface area contributed by atoms with Gasteiger partial charge in [0.1, 0.15) is 6.54 Å². The molecule has 0 aliphatic rings. The molecule has 0 aliphatic heterocycles. The second kappa shape index (κ2) is 5.63. The summed E-state index contributed by atoms with van der Waals surface area (Å²) in [4.78, 5) is 21.9. The Morgan fingerprint density at radius 2 is 1.78 bits per heavy atom. The summed E-state index contributed by atoms with van der Waals surface area (Å²) in [7, 11) is -3.29. The lowest BCUT2D eigenvalue weighted by molar-refractivity contribution is -0.135. The molecule has 0 bridgehead atoms. The van der Waals surface area contributed by atoms with Crippen molar-refractivity contribution in [2.24, 2.45) is 0 Å². The number of nitrogens with one attached hydrogen (secondary N) is 1. The SMILES string of the molecule is CCS(=O)(=O)c1ccc(C(=O)NCC(=O)O)cc1. The van der Waals surface area contributed by atoms with Gasteiger partial charge < -0.3 is 10.4 Å². The molecule has 0 fully saturated rings. The average molecular weight is 271 g/mol. The van der Waals surface area contributed by atoms with E-state index in [4.69, 9.17) is 5.11 Å². The zero-order chi connectivity index (χ0) is 13.8. The highest BCUT2D eigenvalue weighted by atomic mass is 32.2. The van der Waals surface area contributed by atoms with Crippen molar-refractivity contribution < 1.29 is 23.1 Å². The topological polar surface area (TPSA) is 101 Å². The van der Waals surface area contributed by atoms with Crippen LogP contribution in [0, 0.1) is 0 Å². The van der Waals surface area contributed by atoms with Crippen LogP contribution in [0.1, 0.15) is 17.3 Å². The van der Waals surface area contributed by atoms with Gasteiger partial charge >= 0.3 is 5.97 Å². The summed E-state index contributed by atoms with van der Waals surface area (Å²) in [5.41, 5.74) is 0.214. The highest BCUT2D eigenvalue weighted by molar-refractivity contribution is 7.91. The minimum atomic E-state index is -3.29. The first-order valence-electron chi connectivity index (χ1n) is 5.19. The highest BCUT2D eigenvalue weighted by Gasteiger charge is 2.12. The van der Waals surface area contributed by atoms with Crippen molar-refractivity contribution >= 4 is 21.7 Å². The Hall–Kier alpha value is -1.89. The highest BCUT2D eigenvalue weighted by Crippen LogP contribution is 2.12. The van der Waals surface area contributed by atoms with E-state index in [1.165, 1.54) is 31.2 Å². The van der Waals surface area contributed by atoms with E-state index >= 15 is 0 Å². The van der Waals surface area contributed by atoms with Gasteiger partial charge in [0.25, 0.3) is 5.91 Å². The van der Waals surface area contributed by atoms with Crippen LogP contribution in [0.5, 0.6) is 0 Å². The first-order valence-corrected chi connectivity index (χ1v) is 6.85. The lowest BCUT2D eigenvalue weighted by Crippen LogP contribution is -2.29. The molecule has 1 aromatic carbocycles. The van der Waals surface area contributed by atoms with E-state index in [1.807, 2.05) is 0 Å². The van der Waals surface area contributed by atoms with Gasteiger partial charge in [0.05, 0.1) is 10.6 Å². The molecule has 2 N–H and O–H groups in total. The van der Waals surface area contributed by atoms with Gasteiger partial charge in [-0.2, -0.15) is 0 Å². The molecular formula is C11H13NO5S. The molecule has 0 aromatic heterocycles. The standard InChI is InChI=1S/C11H13NO5S/c1-2-18(16,17)9-5-3-8(4-6-9)11(15)12-7-10(13)14/h3-6H,2,7H2,1H3,(H,12,15)(H,13,14). The summed E-state index contributed by atoms with van der Waals surface area (Å²) in [5.74, 6) is -1.72. The Balaban J connectivity index is 2.83. The van der Waals surface area contributed by atoms with Crippen LogP contribution < -0.4 is 5.32 Å². The van der Waals surface area contributed by atoms with E-state index < -0.39 is 28.3 Å². The molecule has 6 nitrogen and oxygen atoms in total. The van der Waals surface area contributed by atoms with Crippen molar-refractivity contribution in [3.8, 4) is 0 Å². The fraction of sp³-hybridized carbons (Fsp3) is 0.273. The predicted molar refractivity (Wildman–Crippen MR) is 64.1 cm³/mol. The number of benzene rings is 1. The molecule has 0 radical (unpaired) electrons. The van der Waals surface area contributed by atoms with Gasteiger partial charge in [-0.1, -0.05) is 6.92 Å². The Morgan fingerprint density at radius 3 is 2.22 bits per heavy atom. The fourth-order valence-electron chi connectivity index (χ4n) is 1.24. The summed E-state index contributed by atoms with van der Waals surface area (Å²) < 4.78 is 23.0. The summed E-state index contributed by atoms with van der Waals surface area (Å²) >= 11 is 0. The van der Waals surface area contributed by atoms with Crippen molar-refractivity contribution in [2.45, 2.75) is 11.8 Å². The van der Waals surface area contributed by atoms with Gasteiger partial charge in [-0.3, -0.25) is 9.59 Å². The quantitative estimate of drug-likeness (QED) is 0.802. The minimum Gasteiger partial charge on any atom is -0.480 e. The Bertz CT molecular complexity index is 547. The maximum Gasteiger partial charge on any atom is 0.322 e. The van der Waals surface area contributed by atoms with Crippen LogP contribution in [0.3, 0.4) is 0 Å². The molecule has 1 rings (SSSR count). The maximum atomic E-state index is 11.5. The van der Waals surface area contributed by atoms with Gasteiger partial charge in [0, 0.05) is 5.56 Å². The fourth-order valence-corrected chi connectivity index (χ4v) is 2.12. The number of rotatable bonds is 5. The Labute approximate surface area is 105 Å². The molecular weight excluding hydrogens is 258 g/mol. The van der Waals surface area contributed by atoms with Crippen LogP contribution in [0.25, 0.3) is 0 Å². The van der Waals surface area contributed by atoms with Gasteiger partial charge in [-0.15, -0.1) is 0 Å². The van der Waals surface area contributed by atoms with Crippen molar-refractivity contribution in [2.75, 3.05) is 12.3 Å². The summed E-state index contributed by atoms with van der Waals surface area (Å²) in [5, 5.41) is 10.6. The van der Waals surface area contributed by atoms with Crippen LogP contribution in [0.4, 0.5) is 0 Å². The average Bonchev–Trinajstić information content (AvgIpc) is 2.36. The van der Waals surface area contributed by atoms with E-state index in [-0.39, 0.29) is 16.2 Å². The Kier molecular flexibility index (Phi) is 4.43. The number of carboxylic acid groups (broad SMARTS) is 1. The number of aliphatic carboxylic acids is 1. The molecule has 0 saturated heterocycles. The molecule has 98 valence electrons. The van der Waals surface area contributed by atoms with E-state index in [0.717, 1.165) is 0 Å². The third-order valence-electron chi connectivity index (χ3n) is 2.26. The molecule has 1 amide bonds. The summed E-state index contributed by atoms with van der Waals surface area (Å²) in [6.07, 6.45) is 0. The molecule has 7 heteroatoms. The molecule has 18 heavy (non-hydrogen) atoms. The second-order valence-electron chi connectivity index (χ2n) is 3.50. The molecule has 1 aromatic rings. The molecule has 0 spiro atoms. The molecule has 0 saturated carbocycles. The van der Waals surface area contributed by atoms with Crippen LogP contribution >= 0.6 is 0 Å². The van der Waals surface area contributed by atoms with Crippen molar-refractivity contribution in [3.63, 3.8) is 0 Å². The second-order valence-corrected chi connectivity index (χ2v) is 5.78. The van der Waals surface area contributed by atoms with Gasteiger partial charge in [-0.25, -0.2) is 8.42 Å². The van der Waals surface area contributed by atoms with Crippen LogP contribution in [-0.4, -0.2) is 37.7 Å². The van der Waals surface area contributed by atoms with Gasteiger partial charge in [0.15, 0.2) is 9.84 Å². The van der Waals surface area contributed by atoms with Crippen molar-refractivity contribution in [1.82, 2.24) is 5.32 Å². The van der Waals surface area contributed by atoms with Crippen LogP contribution in [-0.2, 0) is 14.6 Å².